The predicted molar refractivity (Wildman–Crippen MR) is 105 cm³/mol. The van der Waals surface area contributed by atoms with Gasteiger partial charge in [0, 0.05) is 32.6 Å². The fourth-order valence-electron chi connectivity index (χ4n) is 3.14. The van der Waals surface area contributed by atoms with Crippen LogP contribution in [0.25, 0.3) is 0 Å². The number of amides is 1. The second kappa shape index (κ2) is 9.36. The van der Waals surface area contributed by atoms with Gasteiger partial charge in [-0.15, -0.1) is 0 Å². The van der Waals surface area contributed by atoms with E-state index in [1.807, 2.05) is 43.4 Å². The largest absolute Gasteiger partial charge is 0.378 e. The van der Waals surface area contributed by atoms with Gasteiger partial charge in [-0.05, 0) is 24.7 Å². The average molecular weight is 353 g/mol. The maximum Gasteiger partial charge on any atom is 0.225 e. The Hall–Kier alpha value is -2.37. The lowest BCUT2D eigenvalue weighted by Gasteiger charge is -2.30. The Bertz CT molecular complexity index is 699. The first-order valence-corrected chi connectivity index (χ1v) is 9.16. The minimum absolute atomic E-state index is 0.0469. The minimum atomic E-state index is 0.0469. The molecule has 1 heterocycles. The molecule has 5 heteroatoms. The van der Waals surface area contributed by atoms with Crippen molar-refractivity contribution in [1.82, 2.24) is 4.90 Å². The van der Waals surface area contributed by atoms with Crippen LogP contribution in [0.3, 0.4) is 0 Å². The van der Waals surface area contributed by atoms with E-state index in [1.54, 1.807) is 0 Å². The molecule has 1 saturated heterocycles. The lowest BCUT2D eigenvalue weighted by Crippen LogP contribution is -2.36. The summed E-state index contributed by atoms with van der Waals surface area (Å²) in [7, 11) is 2.04. The third kappa shape index (κ3) is 5.31. The molecule has 2 aromatic rings. The van der Waals surface area contributed by atoms with Crippen LogP contribution in [0, 0.1) is 0 Å². The summed E-state index contributed by atoms with van der Waals surface area (Å²) in [6.45, 7) is 4.73. The Labute approximate surface area is 155 Å². The van der Waals surface area contributed by atoms with Gasteiger partial charge >= 0.3 is 0 Å². The van der Waals surface area contributed by atoms with Crippen molar-refractivity contribution < 1.29 is 9.53 Å². The summed E-state index contributed by atoms with van der Waals surface area (Å²) in [5.74, 6) is 0.0469. The topological polar surface area (TPSA) is 44.8 Å². The number of carbonyl (C=O) groups is 1. The van der Waals surface area contributed by atoms with Crippen LogP contribution in [0.1, 0.15) is 12.0 Å². The zero-order valence-electron chi connectivity index (χ0n) is 15.4. The Kier molecular flexibility index (Phi) is 6.63. The van der Waals surface area contributed by atoms with Crippen LogP contribution in [0.4, 0.5) is 11.4 Å². The molecule has 0 aliphatic carbocycles. The van der Waals surface area contributed by atoms with Crippen molar-refractivity contribution in [3.8, 4) is 0 Å². The van der Waals surface area contributed by atoms with Gasteiger partial charge in [-0.1, -0.05) is 42.5 Å². The van der Waals surface area contributed by atoms with Crippen LogP contribution in [-0.4, -0.2) is 50.7 Å². The molecule has 5 nitrogen and oxygen atoms in total. The lowest BCUT2D eigenvalue weighted by atomic mass is 10.2. The highest BCUT2D eigenvalue weighted by molar-refractivity contribution is 5.94. The third-order valence-corrected chi connectivity index (χ3v) is 4.55. The van der Waals surface area contributed by atoms with E-state index in [9.17, 15) is 4.79 Å². The maximum absolute atomic E-state index is 12.4. The molecular formula is C21H27N3O2. The van der Waals surface area contributed by atoms with Gasteiger partial charge < -0.3 is 19.9 Å². The fraction of sp³-hybridized carbons (Fsp3) is 0.381. The van der Waals surface area contributed by atoms with Gasteiger partial charge in [-0.25, -0.2) is 0 Å². The van der Waals surface area contributed by atoms with Crippen molar-refractivity contribution in [2.75, 3.05) is 50.1 Å². The van der Waals surface area contributed by atoms with Crippen molar-refractivity contribution in [2.45, 2.75) is 13.0 Å². The molecular weight excluding hydrogens is 326 g/mol. The van der Waals surface area contributed by atoms with Crippen LogP contribution in [-0.2, 0) is 16.1 Å². The molecule has 1 fully saturated rings. The molecule has 1 aliphatic heterocycles. The van der Waals surface area contributed by atoms with Crippen LogP contribution < -0.4 is 10.2 Å². The Morgan fingerprint density at radius 3 is 2.54 bits per heavy atom. The first-order chi connectivity index (χ1) is 12.7. The highest BCUT2D eigenvalue weighted by Gasteiger charge is 2.15. The molecule has 3 rings (SSSR count). The number of hydrogen-bond donors (Lipinski definition) is 1. The zero-order valence-corrected chi connectivity index (χ0v) is 15.4. The van der Waals surface area contributed by atoms with E-state index in [2.05, 4.69) is 33.3 Å². The molecule has 0 spiro atoms. The Morgan fingerprint density at radius 2 is 1.77 bits per heavy atom. The lowest BCUT2D eigenvalue weighted by molar-refractivity contribution is -0.116. The number of ether oxygens (including phenoxy) is 1. The molecule has 0 bridgehead atoms. The van der Waals surface area contributed by atoms with Crippen LogP contribution in [0.2, 0.25) is 0 Å². The number of nitrogens with one attached hydrogen (secondary N) is 1. The smallest absolute Gasteiger partial charge is 0.225 e. The molecule has 26 heavy (non-hydrogen) atoms. The summed E-state index contributed by atoms with van der Waals surface area (Å²) >= 11 is 0. The van der Waals surface area contributed by atoms with Crippen LogP contribution in [0.5, 0.6) is 0 Å². The predicted octanol–water partition coefficient (Wildman–Crippen LogP) is 2.98. The summed E-state index contributed by atoms with van der Waals surface area (Å²) in [6, 6.07) is 18.3. The molecule has 0 saturated carbocycles. The molecule has 0 unspecified atom stereocenters. The standard InChI is InChI=1S/C21H27N3O2/c1-23(17-18-7-3-2-4-8-18)12-11-21(25)22-19-9-5-6-10-20(19)24-13-15-26-16-14-24/h2-10H,11-17H2,1H3,(H,22,25). The number of hydrogen-bond acceptors (Lipinski definition) is 4. The van der Waals surface area contributed by atoms with Crippen LogP contribution in [0.15, 0.2) is 54.6 Å². The van der Waals surface area contributed by atoms with E-state index in [0.717, 1.165) is 50.8 Å². The Morgan fingerprint density at radius 1 is 1.08 bits per heavy atom. The van der Waals surface area contributed by atoms with Crippen molar-refractivity contribution in [1.29, 1.82) is 0 Å². The van der Waals surface area contributed by atoms with Crippen molar-refractivity contribution in [2.24, 2.45) is 0 Å². The van der Waals surface area contributed by atoms with E-state index < -0.39 is 0 Å². The summed E-state index contributed by atoms with van der Waals surface area (Å²) in [5, 5.41) is 3.08. The SMILES string of the molecule is CN(CCC(=O)Nc1ccccc1N1CCOCC1)Cc1ccccc1. The van der Waals surface area contributed by atoms with Gasteiger partial charge in [0.05, 0.1) is 24.6 Å². The first kappa shape index (κ1) is 18.4. The summed E-state index contributed by atoms with van der Waals surface area (Å²) in [6.07, 6.45) is 0.473. The number of carbonyl (C=O) groups excluding carboxylic acids is 1. The second-order valence-electron chi connectivity index (χ2n) is 6.64. The molecule has 2 aromatic carbocycles. The van der Waals surface area contributed by atoms with E-state index in [1.165, 1.54) is 5.56 Å². The number of rotatable bonds is 7. The van der Waals surface area contributed by atoms with Crippen LogP contribution >= 0.6 is 0 Å². The minimum Gasteiger partial charge on any atom is -0.378 e. The first-order valence-electron chi connectivity index (χ1n) is 9.16. The zero-order chi connectivity index (χ0) is 18.2. The second-order valence-corrected chi connectivity index (χ2v) is 6.64. The van der Waals surface area contributed by atoms with E-state index in [0.29, 0.717) is 6.42 Å². The highest BCUT2D eigenvalue weighted by Crippen LogP contribution is 2.26. The van der Waals surface area contributed by atoms with Gasteiger partial charge in [-0.2, -0.15) is 0 Å². The summed E-state index contributed by atoms with van der Waals surface area (Å²) in [5.41, 5.74) is 3.21. The van der Waals surface area contributed by atoms with E-state index >= 15 is 0 Å². The van der Waals surface area contributed by atoms with Gasteiger partial charge in [0.25, 0.3) is 0 Å². The number of morpholine rings is 1. The summed E-state index contributed by atoms with van der Waals surface area (Å²) in [4.78, 5) is 16.9. The van der Waals surface area contributed by atoms with Crippen molar-refractivity contribution in [3.05, 3.63) is 60.2 Å². The third-order valence-electron chi connectivity index (χ3n) is 4.55. The van der Waals surface area contributed by atoms with Gasteiger partial charge in [0.2, 0.25) is 5.91 Å². The molecule has 1 N–H and O–H groups in total. The van der Waals surface area contributed by atoms with E-state index in [4.69, 9.17) is 4.74 Å². The molecule has 0 aromatic heterocycles. The Balaban J connectivity index is 1.52. The number of anilines is 2. The van der Waals surface area contributed by atoms with Crippen molar-refractivity contribution >= 4 is 17.3 Å². The normalized spacial score (nSPS) is 14.5. The number of para-hydroxylation sites is 2. The fourth-order valence-corrected chi connectivity index (χ4v) is 3.14. The van der Waals surface area contributed by atoms with Gasteiger partial charge in [-0.3, -0.25) is 4.79 Å². The number of benzene rings is 2. The summed E-state index contributed by atoms with van der Waals surface area (Å²) < 4.78 is 5.42. The molecule has 0 radical (unpaired) electrons. The average Bonchev–Trinajstić information content (AvgIpc) is 2.68. The monoisotopic (exact) mass is 353 g/mol. The number of nitrogens with zero attached hydrogens (tertiary/aromatic N) is 2. The quantitative estimate of drug-likeness (QED) is 0.831. The van der Waals surface area contributed by atoms with Crippen molar-refractivity contribution in [3.63, 3.8) is 0 Å². The molecule has 1 aliphatic rings. The molecule has 1 amide bonds. The van der Waals surface area contributed by atoms with Gasteiger partial charge in [0.1, 0.15) is 0 Å². The van der Waals surface area contributed by atoms with Gasteiger partial charge in [0.15, 0.2) is 0 Å². The maximum atomic E-state index is 12.4. The van der Waals surface area contributed by atoms with E-state index in [-0.39, 0.29) is 5.91 Å². The molecule has 0 atom stereocenters. The molecule has 138 valence electrons. The highest BCUT2D eigenvalue weighted by atomic mass is 16.5.